The van der Waals surface area contributed by atoms with Crippen molar-refractivity contribution >= 4 is 17.8 Å². The number of nitrogens with zero attached hydrogens (tertiary/aromatic N) is 2. The minimum absolute atomic E-state index is 0.103. The monoisotopic (exact) mass is 408 g/mol. The van der Waals surface area contributed by atoms with Gasteiger partial charge in [0.25, 0.3) is 5.91 Å². The smallest absolute Gasteiger partial charge is 0.290 e. The molecular weight excluding hydrogens is 380 g/mol. The summed E-state index contributed by atoms with van der Waals surface area (Å²) in [6.45, 7) is 8.93. The topological polar surface area (TPSA) is 74.0 Å². The number of likely N-dealkylation sites (N-methyl/N-ethyl adjacent to an activating group) is 1. The molecule has 158 valence electrons. The van der Waals surface area contributed by atoms with Gasteiger partial charge in [0.2, 0.25) is 0 Å². The van der Waals surface area contributed by atoms with Crippen LogP contribution in [0.25, 0.3) is 6.08 Å². The molecule has 0 spiro atoms. The molecule has 30 heavy (non-hydrogen) atoms. The van der Waals surface area contributed by atoms with Crippen LogP contribution in [0.15, 0.2) is 64.5 Å². The summed E-state index contributed by atoms with van der Waals surface area (Å²) < 4.78 is 5.23. The second-order valence-electron chi connectivity index (χ2n) is 7.31. The standard InChI is InChI=1S/C24H28N2O4/c1-4-25(5-2)14-15-26-22(18-10-8-17(3)9-11-18)21(23(28)24(26)29)20(27)13-12-19-7-6-16-30-19/h6-13,16,22,28H,4-5,14-15H2,1-3H3/b13-12+. The van der Waals surface area contributed by atoms with E-state index in [4.69, 9.17) is 4.42 Å². The lowest BCUT2D eigenvalue weighted by Crippen LogP contribution is -2.38. The van der Waals surface area contributed by atoms with Gasteiger partial charge in [-0.2, -0.15) is 0 Å². The second kappa shape index (κ2) is 9.59. The first-order chi connectivity index (χ1) is 14.5. The molecule has 1 N–H and O–H groups in total. The van der Waals surface area contributed by atoms with Gasteiger partial charge >= 0.3 is 0 Å². The fourth-order valence-corrected chi connectivity index (χ4v) is 3.65. The molecule has 0 fully saturated rings. The number of carbonyl (C=O) groups excluding carboxylic acids is 2. The molecule has 0 radical (unpaired) electrons. The molecular formula is C24H28N2O4. The minimum Gasteiger partial charge on any atom is -0.503 e. The van der Waals surface area contributed by atoms with E-state index >= 15 is 0 Å². The van der Waals surface area contributed by atoms with Crippen molar-refractivity contribution in [1.29, 1.82) is 0 Å². The molecule has 0 saturated heterocycles. The second-order valence-corrected chi connectivity index (χ2v) is 7.31. The zero-order valence-electron chi connectivity index (χ0n) is 17.7. The third-order valence-corrected chi connectivity index (χ3v) is 5.46. The van der Waals surface area contributed by atoms with Crippen LogP contribution in [-0.2, 0) is 9.59 Å². The Balaban J connectivity index is 1.94. The molecule has 6 heteroatoms. The number of aliphatic hydroxyl groups is 1. The van der Waals surface area contributed by atoms with Crippen molar-refractivity contribution in [3.63, 3.8) is 0 Å². The third-order valence-electron chi connectivity index (χ3n) is 5.46. The van der Waals surface area contributed by atoms with Gasteiger partial charge in [0.05, 0.1) is 17.9 Å². The van der Waals surface area contributed by atoms with Crippen molar-refractivity contribution in [1.82, 2.24) is 9.80 Å². The molecule has 1 unspecified atom stereocenters. The molecule has 2 heterocycles. The normalized spacial score (nSPS) is 17.0. The first-order valence-corrected chi connectivity index (χ1v) is 10.2. The quantitative estimate of drug-likeness (QED) is 0.637. The van der Waals surface area contributed by atoms with Crippen LogP contribution in [0.5, 0.6) is 0 Å². The number of ketones is 1. The molecule has 1 amide bonds. The summed E-state index contributed by atoms with van der Waals surface area (Å²) in [4.78, 5) is 29.7. The fraction of sp³-hybridized carbons (Fsp3) is 0.333. The van der Waals surface area contributed by atoms with Crippen molar-refractivity contribution in [3.05, 3.63) is 77.0 Å². The lowest BCUT2D eigenvalue weighted by molar-refractivity contribution is -0.129. The zero-order chi connectivity index (χ0) is 21.7. The zero-order valence-corrected chi connectivity index (χ0v) is 17.7. The Hall–Kier alpha value is -3.12. The molecule has 1 aromatic heterocycles. The Kier molecular flexibility index (Phi) is 6.90. The molecule has 6 nitrogen and oxygen atoms in total. The van der Waals surface area contributed by atoms with Crippen LogP contribution in [0.4, 0.5) is 0 Å². The molecule has 2 aromatic rings. The van der Waals surface area contributed by atoms with Crippen LogP contribution in [-0.4, -0.2) is 52.8 Å². The molecule has 1 atom stereocenters. The van der Waals surface area contributed by atoms with Gasteiger partial charge in [-0.25, -0.2) is 0 Å². The maximum absolute atomic E-state index is 13.0. The summed E-state index contributed by atoms with van der Waals surface area (Å²) in [7, 11) is 0. The van der Waals surface area contributed by atoms with Crippen molar-refractivity contribution in [3.8, 4) is 0 Å². The summed E-state index contributed by atoms with van der Waals surface area (Å²) in [5.41, 5.74) is 1.98. The lowest BCUT2D eigenvalue weighted by atomic mass is 9.95. The number of furan rings is 1. The minimum atomic E-state index is -0.623. The van der Waals surface area contributed by atoms with E-state index in [-0.39, 0.29) is 5.57 Å². The molecule has 0 bridgehead atoms. The highest BCUT2D eigenvalue weighted by Gasteiger charge is 2.42. The number of aliphatic hydroxyl groups excluding tert-OH is 1. The third kappa shape index (κ3) is 4.54. The maximum atomic E-state index is 13.0. The Labute approximate surface area is 177 Å². The van der Waals surface area contributed by atoms with Gasteiger partial charge in [-0.1, -0.05) is 43.7 Å². The lowest BCUT2D eigenvalue weighted by Gasteiger charge is -2.29. The Bertz CT molecular complexity index is 938. The number of aryl methyl sites for hydroxylation is 1. The highest BCUT2D eigenvalue weighted by atomic mass is 16.3. The van der Waals surface area contributed by atoms with Gasteiger partial charge < -0.3 is 19.3 Å². The largest absolute Gasteiger partial charge is 0.503 e. The van der Waals surface area contributed by atoms with Gasteiger partial charge in [-0.15, -0.1) is 0 Å². The van der Waals surface area contributed by atoms with Crippen molar-refractivity contribution in [2.24, 2.45) is 0 Å². The van der Waals surface area contributed by atoms with Gasteiger partial charge in [-0.3, -0.25) is 9.59 Å². The molecule has 1 aromatic carbocycles. The summed E-state index contributed by atoms with van der Waals surface area (Å²) in [6, 6.07) is 10.5. The number of amides is 1. The van der Waals surface area contributed by atoms with Crippen LogP contribution in [0.1, 0.15) is 36.8 Å². The number of allylic oxidation sites excluding steroid dienone is 1. The molecule has 1 aliphatic rings. The Morgan fingerprint density at radius 1 is 1.20 bits per heavy atom. The maximum Gasteiger partial charge on any atom is 0.290 e. The number of hydrogen-bond acceptors (Lipinski definition) is 5. The average Bonchev–Trinajstić information content (AvgIpc) is 3.35. The summed E-state index contributed by atoms with van der Waals surface area (Å²) >= 11 is 0. The molecule has 3 rings (SSSR count). The van der Waals surface area contributed by atoms with Crippen LogP contribution < -0.4 is 0 Å². The predicted octanol–water partition coefficient (Wildman–Crippen LogP) is 3.91. The van der Waals surface area contributed by atoms with Crippen LogP contribution >= 0.6 is 0 Å². The first-order valence-electron chi connectivity index (χ1n) is 10.2. The summed E-state index contributed by atoms with van der Waals surface area (Å²) in [5.74, 6) is -0.872. The number of rotatable bonds is 9. The van der Waals surface area contributed by atoms with E-state index in [0.717, 1.165) is 24.2 Å². The van der Waals surface area contributed by atoms with Crippen LogP contribution in [0, 0.1) is 6.92 Å². The van der Waals surface area contributed by atoms with Crippen molar-refractivity contribution in [2.45, 2.75) is 26.8 Å². The number of carbonyl (C=O) groups is 2. The SMILES string of the molecule is CCN(CC)CCN1C(=O)C(O)=C(C(=O)/C=C/c2ccco2)C1c1ccc(C)cc1. The summed E-state index contributed by atoms with van der Waals surface area (Å²) in [5, 5.41) is 10.6. The van der Waals surface area contributed by atoms with E-state index < -0.39 is 23.5 Å². The predicted molar refractivity (Wildman–Crippen MR) is 116 cm³/mol. The average molecular weight is 408 g/mol. The summed E-state index contributed by atoms with van der Waals surface area (Å²) in [6.07, 6.45) is 4.40. The van der Waals surface area contributed by atoms with E-state index in [0.29, 0.717) is 18.8 Å². The van der Waals surface area contributed by atoms with Crippen molar-refractivity contribution < 1.29 is 19.1 Å². The van der Waals surface area contributed by atoms with Crippen LogP contribution in [0.3, 0.4) is 0 Å². The van der Waals surface area contributed by atoms with E-state index in [1.54, 1.807) is 17.0 Å². The molecule has 1 aliphatic heterocycles. The van der Waals surface area contributed by atoms with Crippen LogP contribution in [0.2, 0.25) is 0 Å². The highest BCUT2D eigenvalue weighted by Crippen LogP contribution is 2.38. The van der Waals surface area contributed by atoms with E-state index in [9.17, 15) is 14.7 Å². The van der Waals surface area contributed by atoms with Gasteiger partial charge in [0.1, 0.15) is 5.76 Å². The van der Waals surface area contributed by atoms with E-state index in [2.05, 4.69) is 18.7 Å². The van der Waals surface area contributed by atoms with E-state index in [1.807, 2.05) is 31.2 Å². The van der Waals surface area contributed by atoms with Gasteiger partial charge in [0.15, 0.2) is 11.5 Å². The number of benzene rings is 1. The number of hydrogen-bond donors (Lipinski definition) is 1. The molecule has 0 saturated carbocycles. The Morgan fingerprint density at radius 2 is 1.90 bits per heavy atom. The molecule has 0 aliphatic carbocycles. The van der Waals surface area contributed by atoms with Crippen molar-refractivity contribution in [2.75, 3.05) is 26.2 Å². The fourth-order valence-electron chi connectivity index (χ4n) is 3.65. The first kappa shape index (κ1) is 21.6. The van der Waals surface area contributed by atoms with E-state index in [1.165, 1.54) is 18.4 Å². The highest BCUT2D eigenvalue weighted by molar-refractivity contribution is 6.14. The van der Waals surface area contributed by atoms with Gasteiger partial charge in [-0.05, 0) is 49.9 Å². The Morgan fingerprint density at radius 3 is 2.50 bits per heavy atom. The van der Waals surface area contributed by atoms with Gasteiger partial charge in [0, 0.05) is 13.1 Å².